The van der Waals surface area contributed by atoms with Crippen LogP contribution in [0.5, 0.6) is 0 Å². The van der Waals surface area contributed by atoms with Gasteiger partial charge in [-0.3, -0.25) is 4.79 Å². The van der Waals surface area contributed by atoms with Gasteiger partial charge in [0.25, 0.3) is 0 Å². The Morgan fingerprint density at radius 2 is 1.50 bits per heavy atom. The number of carboxylic acid groups (broad SMARTS) is 1. The molecule has 0 spiro atoms. The van der Waals surface area contributed by atoms with E-state index in [1.54, 1.807) is 0 Å². The van der Waals surface area contributed by atoms with Crippen LogP contribution < -0.4 is 5.32 Å². The van der Waals surface area contributed by atoms with Gasteiger partial charge in [-0.2, -0.15) is 5.26 Å². The zero-order valence-electron chi connectivity index (χ0n) is 12.5. The van der Waals surface area contributed by atoms with E-state index < -0.39 is 5.97 Å². The van der Waals surface area contributed by atoms with Gasteiger partial charge in [-0.1, -0.05) is 51.5 Å². The number of aliphatic carboxylic acids is 1. The highest BCUT2D eigenvalue weighted by Gasteiger charge is 1.97. The lowest BCUT2D eigenvalue weighted by molar-refractivity contribution is -0.137. The van der Waals surface area contributed by atoms with Crippen molar-refractivity contribution in [3.8, 4) is 6.07 Å². The van der Waals surface area contributed by atoms with Crippen LogP contribution in [-0.4, -0.2) is 17.6 Å². The molecule has 0 saturated carbocycles. The molecule has 0 heterocycles. The number of nitrogens with zero attached hydrogens (tertiary/aromatic N) is 1. The van der Waals surface area contributed by atoms with E-state index in [0.717, 1.165) is 37.9 Å². The van der Waals surface area contributed by atoms with Gasteiger partial charge >= 0.3 is 5.97 Å². The third-order valence-electron chi connectivity index (χ3n) is 3.23. The molecule has 0 aromatic heterocycles. The van der Waals surface area contributed by atoms with Gasteiger partial charge in [0, 0.05) is 18.7 Å². The first-order valence-corrected chi connectivity index (χ1v) is 7.67. The Bertz CT molecular complexity index is 308. The van der Waals surface area contributed by atoms with Gasteiger partial charge in [0.15, 0.2) is 0 Å². The Kier molecular flexibility index (Phi) is 12.9. The lowest BCUT2D eigenvalue weighted by Crippen LogP contribution is -2.13. The summed E-state index contributed by atoms with van der Waals surface area (Å²) in [5.41, 5.74) is 0.814. The summed E-state index contributed by atoms with van der Waals surface area (Å²) < 4.78 is 0. The Balaban J connectivity index is 3.08. The third kappa shape index (κ3) is 14.6. The lowest BCUT2D eigenvalue weighted by Gasteiger charge is -2.06. The van der Waals surface area contributed by atoms with E-state index in [1.807, 2.05) is 0 Å². The number of carboxylic acids is 1. The summed E-state index contributed by atoms with van der Waals surface area (Å²) in [6.07, 6.45) is 11.0. The maximum absolute atomic E-state index is 10.3. The second-order valence-corrected chi connectivity index (χ2v) is 5.19. The Hall–Kier alpha value is -1.50. The molecule has 0 unspecified atom stereocenters. The third-order valence-corrected chi connectivity index (χ3v) is 3.23. The SMILES string of the molecule is C=C(CC#N)NCCCCCCCCCCCC(=O)O. The highest BCUT2D eigenvalue weighted by atomic mass is 16.4. The summed E-state index contributed by atoms with van der Waals surface area (Å²) in [5.74, 6) is -0.684. The molecular formula is C16H28N2O2. The number of hydrogen-bond donors (Lipinski definition) is 2. The molecule has 0 radical (unpaired) electrons. The first kappa shape index (κ1) is 18.5. The van der Waals surface area contributed by atoms with E-state index in [2.05, 4.69) is 18.0 Å². The number of rotatable bonds is 14. The number of carbonyl (C=O) groups is 1. The molecule has 0 rings (SSSR count). The predicted molar refractivity (Wildman–Crippen MR) is 81.2 cm³/mol. The Labute approximate surface area is 122 Å². The predicted octanol–water partition coefficient (Wildman–Crippen LogP) is 3.99. The Morgan fingerprint density at radius 3 is 2.00 bits per heavy atom. The molecule has 0 aliphatic heterocycles. The molecule has 2 N–H and O–H groups in total. The average Bonchev–Trinajstić information content (AvgIpc) is 2.40. The zero-order chi connectivity index (χ0) is 15.1. The zero-order valence-corrected chi connectivity index (χ0v) is 12.5. The quantitative estimate of drug-likeness (QED) is 0.472. The van der Waals surface area contributed by atoms with Gasteiger partial charge < -0.3 is 10.4 Å². The van der Waals surface area contributed by atoms with Crippen LogP contribution in [0.1, 0.15) is 70.6 Å². The standard InChI is InChI=1S/C16H28N2O2/c1-15(12-13-17)18-14-10-8-6-4-2-3-5-7-9-11-16(19)20/h18H,1-12,14H2,(H,19,20). The van der Waals surface area contributed by atoms with E-state index in [1.165, 1.54) is 32.1 Å². The monoisotopic (exact) mass is 280 g/mol. The van der Waals surface area contributed by atoms with Crippen molar-refractivity contribution in [2.45, 2.75) is 70.6 Å². The molecular weight excluding hydrogens is 252 g/mol. The minimum atomic E-state index is -0.684. The smallest absolute Gasteiger partial charge is 0.303 e. The molecule has 0 atom stereocenters. The van der Waals surface area contributed by atoms with E-state index in [-0.39, 0.29) is 0 Å². The van der Waals surface area contributed by atoms with Crippen molar-refractivity contribution in [2.75, 3.05) is 6.54 Å². The van der Waals surface area contributed by atoms with Gasteiger partial charge in [0.05, 0.1) is 12.5 Å². The van der Waals surface area contributed by atoms with Gasteiger partial charge in [-0.15, -0.1) is 0 Å². The highest BCUT2D eigenvalue weighted by molar-refractivity contribution is 5.66. The van der Waals surface area contributed by atoms with Crippen molar-refractivity contribution in [3.63, 3.8) is 0 Å². The van der Waals surface area contributed by atoms with Crippen molar-refractivity contribution >= 4 is 5.97 Å². The lowest BCUT2D eigenvalue weighted by atomic mass is 10.1. The topological polar surface area (TPSA) is 73.1 Å². The second kappa shape index (κ2) is 13.9. The van der Waals surface area contributed by atoms with Crippen LogP contribution in [0.3, 0.4) is 0 Å². The minimum absolute atomic E-state index is 0.310. The molecule has 20 heavy (non-hydrogen) atoms. The Morgan fingerprint density at radius 1 is 1.00 bits per heavy atom. The maximum atomic E-state index is 10.3. The van der Waals surface area contributed by atoms with Crippen LogP contribution in [0.25, 0.3) is 0 Å². The molecule has 0 aliphatic carbocycles. The molecule has 0 aromatic carbocycles. The minimum Gasteiger partial charge on any atom is -0.481 e. The molecule has 4 heteroatoms. The first-order valence-electron chi connectivity index (χ1n) is 7.67. The summed E-state index contributed by atoms with van der Waals surface area (Å²) in [6, 6.07) is 2.07. The molecule has 114 valence electrons. The normalized spacial score (nSPS) is 9.95. The first-order chi connectivity index (χ1) is 9.66. The summed E-state index contributed by atoms with van der Waals surface area (Å²) >= 11 is 0. The van der Waals surface area contributed by atoms with Crippen LogP contribution in [-0.2, 0) is 4.79 Å². The molecule has 0 aliphatic rings. The number of allylic oxidation sites excluding steroid dienone is 1. The molecule has 4 nitrogen and oxygen atoms in total. The summed E-state index contributed by atoms with van der Waals surface area (Å²) in [4.78, 5) is 10.3. The van der Waals surface area contributed by atoms with Crippen molar-refractivity contribution in [3.05, 3.63) is 12.3 Å². The number of hydrogen-bond acceptors (Lipinski definition) is 3. The summed E-state index contributed by atoms with van der Waals surface area (Å²) in [6.45, 7) is 4.68. The largest absolute Gasteiger partial charge is 0.481 e. The molecule has 0 fully saturated rings. The van der Waals surface area contributed by atoms with Crippen molar-refractivity contribution < 1.29 is 9.90 Å². The fourth-order valence-electron chi connectivity index (χ4n) is 2.06. The second-order valence-electron chi connectivity index (χ2n) is 5.19. The average molecular weight is 280 g/mol. The summed E-state index contributed by atoms with van der Waals surface area (Å²) in [5, 5.41) is 20.1. The summed E-state index contributed by atoms with van der Waals surface area (Å²) in [7, 11) is 0. The van der Waals surface area contributed by atoms with Gasteiger partial charge in [0.1, 0.15) is 0 Å². The number of unbranched alkanes of at least 4 members (excludes halogenated alkanes) is 8. The molecule has 0 bridgehead atoms. The maximum Gasteiger partial charge on any atom is 0.303 e. The van der Waals surface area contributed by atoms with Gasteiger partial charge in [-0.25, -0.2) is 0 Å². The van der Waals surface area contributed by atoms with Crippen LogP contribution in [0.2, 0.25) is 0 Å². The van der Waals surface area contributed by atoms with E-state index >= 15 is 0 Å². The fourth-order valence-corrected chi connectivity index (χ4v) is 2.06. The van der Waals surface area contributed by atoms with Crippen LogP contribution in [0.4, 0.5) is 0 Å². The van der Waals surface area contributed by atoms with E-state index in [9.17, 15) is 4.79 Å². The van der Waals surface area contributed by atoms with E-state index in [0.29, 0.717) is 12.8 Å². The van der Waals surface area contributed by atoms with Crippen molar-refractivity contribution in [2.24, 2.45) is 0 Å². The highest BCUT2D eigenvalue weighted by Crippen LogP contribution is 2.10. The van der Waals surface area contributed by atoms with Crippen LogP contribution in [0.15, 0.2) is 12.3 Å². The van der Waals surface area contributed by atoms with Crippen molar-refractivity contribution in [1.82, 2.24) is 5.32 Å². The molecule has 0 saturated heterocycles. The fraction of sp³-hybridized carbons (Fsp3) is 0.750. The van der Waals surface area contributed by atoms with Crippen LogP contribution in [0, 0.1) is 11.3 Å². The molecule has 0 amide bonds. The van der Waals surface area contributed by atoms with Crippen molar-refractivity contribution in [1.29, 1.82) is 5.26 Å². The number of nitriles is 1. The van der Waals surface area contributed by atoms with Gasteiger partial charge in [0.2, 0.25) is 0 Å². The van der Waals surface area contributed by atoms with E-state index in [4.69, 9.17) is 10.4 Å². The van der Waals surface area contributed by atoms with Crippen LogP contribution >= 0.6 is 0 Å². The van der Waals surface area contributed by atoms with Gasteiger partial charge in [-0.05, 0) is 12.8 Å². The molecule has 0 aromatic rings. The number of nitrogens with one attached hydrogen (secondary N) is 1.